The molecule has 0 radical (unpaired) electrons. The summed E-state index contributed by atoms with van der Waals surface area (Å²) in [4.78, 5) is 27.3. The van der Waals surface area contributed by atoms with E-state index >= 15 is 0 Å². The Kier molecular flexibility index (Phi) is 5.37. The zero-order chi connectivity index (χ0) is 20.2. The Morgan fingerprint density at radius 2 is 1.79 bits per heavy atom. The summed E-state index contributed by atoms with van der Waals surface area (Å²) in [6.45, 7) is 2.89. The Hall–Kier alpha value is -3.48. The predicted molar refractivity (Wildman–Crippen MR) is 111 cm³/mol. The van der Waals surface area contributed by atoms with Gasteiger partial charge in [-0.25, -0.2) is 0 Å². The predicted octanol–water partition coefficient (Wildman–Crippen LogP) is 3.74. The van der Waals surface area contributed by atoms with E-state index in [0.29, 0.717) is 16.9 Å². The van der Waals surface area contributed by atoms with Crippen LogP contribution in [0.4, 0.5) is 5.69 Å². The minimum Gasteiger partial charge on any atom is -0.336 e. The van der Waals surface area contributed by atoms with Crippen LogP contribution in [0.5, 0.6) is 0 Å². The van der Waals surface area contributed by atoms with Crippen molar-refractivity contribution in [2.24, 2.45) is 0 Å². The number of H-pyrrole nitrogens is 1. The van der Waals surface area contributed by atoms with Crippen LogP contribution >= 0.6 is 0 Å². The number of likely N-dealkylation sites (tertiary alicyclic amines) is 1. The molecule has 29 heavy (non-hydrogen) atoms. The number of benzene rings is 2. The summed E-state index contributed by atoms with van der Waals surface area (Å²) >= 11 is 0. The summed E-state index contributed by atoms with van der Waals surface area (Å²) in [5.74, 6) is -0.320. The van der Waals surface area contributed by atoms with Crippen molar-refractivity contribution in [2.75, 3.05) is 11.9 Å². The van der Waals surface area contributed by atoms with E-state index in [1.54, 1.807) is 24.3 Å². The van der Waals surface area contributed by atoms with E-state index in [-0.39, 0.29) is 23.6 Å². The molecular formula is C22H23N5O2. The van der Waals surface area contributed by atoms with Gasteiger partial charge < -0.3 is 10.2 Å². The molecule has 1 aliphatic heterocycles. The first kappa shape index (κ1) is 18.9. The zero-order valence-corrected chi connectivity index (χ0v) is 16.3. The van der Waals surface area contributed by atoms with Crippen molar-refractivity contribution in [1.29, 1.82) is 0 Å². The van der Waals surface area contributed by atoms with Gasteiger partial charge in [0.05, 0.1) is 0 Å². The number of carbonyl (C=O) groups excluding carboxylic acids is 2. The summed E-state index contributed by atoms with van der Waals surface area (Å²) < 4.78 is 0. The van der Waals surface area contributed by atoms with E-state index in [4.69, 9.17) is 0 Å². The number of carbonyl (C=O) groups is 2. The number of nitrogens with one attached hydrogen (secondary N) is 2. The first-order valence-electron chi connectivity index (χ1n) is 9.82. The molecule has 0 saturated carbocycles. The molecule has 1 atom stereocenters. The van der Waals surface area contributed by atoms with Gasteiger partial charge in [-0.3, -0.25) is 9.59 Å². The third-order valence-corrected chi connectivity index (χ3v) is 5.26. The molecule has 1 aromatic heterocycles. The molecule has 0 bridgehead atoms. The fourth-order valence-corrected chi connectivity index (χ4v) is 3.64. The highest BCUT2D eigenvalue weighted by molar-refractivity contribution is 6.06. The number of rotatable bonds is 4. The summed E-state index contributed by atoms with van der Waals surface area (Å²) in [5.41, 5.74) is 2.75. The van der Waals surface area contributed by atoms with E-state index in [1.165, 1.54) is 6.42 Å². The topological polar surface area (TPSA) is 91.0 Å². The van der Waals surface area contributed by atoms with Gasteiger partial charge in [0.15, 0.2) is 5.69 Å². The molecule has 3 aromatic rings. The molecule has 0 spiro atoms. The molecule has 1 aliphatic rings. The van der Waals surface area contributed by atoms with Gasteiger partial charge in [-0.15, -0.1) is 0 Å². The molecule has 2 N–H and O–H groups in total. The number of anilines is 1. The number of amides is 2. The highest BCUT2D eigenvalue weighted by Crippen LogP contribution is 2.22. The smallest absolute Gasteiger partial charge is 0.278 e. The van der Waals surface area contributed by atoms with Crippen LogP contribution in [0.25, 0.3) is 11.3 Å². The fraction of sp³-hybridized carbons (Fsp3) is 0.273. The van der Waals surface area contributed by atoms with Gasteiger partial charge in [0.25, 0.3) is 11.8 Å². The van der Waals surface area contributed by atoms with Crippen LogP contribution in [0.15, 0.2) is 54.6 Å². The molecule has 4 rings (SSSR count). The SMILES string of the molecule is CC1CCCCN1C(=O)c1ccc(NC(=O)c2n[nH]nc2-c2ccccc2)cc1. The molecule has 1 fully saturated rings. The first-order valence-corrected chi connectivity index (χ1v) is 9.82. The number of aromatic amines is 1. The first-order chi connectivity index (χ1) is 14.1. The van der Waals surface area contributed by atoms with Crippen molar-refractivity contribution in [3.63, 3.8) is 0 Å². The maximum Gasteiger partial charge on any atom is 0.278 e. The maximum absolute atomic E-state index is 12.7. The van der Waals surface area contributed by atoms with E-state index in [0.717, 1.165) is 24.9 Å². The minimum atomic E-state index is -0.360. The van der Waals surface area contributed by atoms with Gasteiger partial charge >= 0.3 is 0 Å². The molecule has 2 heterocycles. The van der Waals surface area contributed by atoms with Gasteiger partial charge in [0.1, 0.15) is 5.69 Å². The molecule has 1 unspecified atom stereocenters. The lowest BCUT2D eigenvalue weighted by atomic mass is 10.0. The summed E-state index contributed by atoms with van der Waals surface area (Å²) in [7, 11) is 0. The number of nitrogens with zero attached hydrogens (tertiary/aromatic N) is 3. The van der Waals surface area contributed by atoms with Crippen LogP contribution in [0.3, 0.4) is 0 Å². The quantitative estimate of drug-likeness (QED) is 0.711. The molecular weight excluding hydrogens is 366 g/mol. The van der Waals surface area contributed by atoms with Gasteiger partial charge in [0, 0.05) is 29.4 Å². The monoisotopic (exact) mass is 389 g/mol. The van der Waals surface area contributed by atoms with Crippen molar-refractivity contribution < 1.29 is 9.59 Å². The highest BCUT2D eigenvalue weighted by Gasteiger charge is 2.24. The van der Waals surface area contributed by atoms with Gasteiger partial charge in [-0.05, 0) is 50.5 Å². The average Bonchev–Trinajstić information content (AvgIpc) is 3.25. The van der Waals surface area contributed by atoms with Gasteiger partial charge in [-0.1, -0.05) is 30.3 Å². The van der Waals surface area contributed by atoms with Crippen LogP contribution < -0.4 is 5.32 Å². The Morgan fingerprint density at radius 3 is 2.52 bits per heavy atom. The Morgan fingerprint density at radius 1 is 1.03 bits per heavy atom. The van der Waals surface area contributed by atoms with Gasteiger partial charge in [0.2, 0.25) is 0 Å². The minimum absolute atomic E-state index is 0.0398. The van der Waals surface area contributed by atoms with Gasteiger partial charge in [-0.2, -0.15) is 15.4 Å². The second-order valence-corrected chi connectivity index (χ2v) is 7.26. The number of hydrogen-bond donors (Lipinski definition) is 2. The zero-order valence-electron chi connectivity index (χ0n) is 16.3. The van der Waals surface area contributed by atoms with Crippen molar-refractivity contribution >= 4 is 17.5 Å². The van der Waals surface area contributed by atoms with Crippen molar-refractivity contribution in [3.05, 3.63) is 65.9 Å². The van der Waals surface area contributed by atoms with Crippen molar-refractivity contribution in [3.8, 4) is 11.3 Å². The number of hydrogen-bond acceptors (Lipinski definition) is 4. The average molecular weight is 389 g/mol. The van der Waals surface area contributed by atoms with Crippen molar-refractivity contribution in [2.45, 2.75) is 32.2 Å². The lowest BCUT2D eigenvalue weighted by Gasteiger charge is -2.33. The second-order valence-electron chi connectivity index (χ2n) is 7.26. The van der Waals surface area contributed by atoms with Crippen LogP contribution in [-0.4, -0.2) is 44.7 Å². The molecule has 2 amide bonds. The lowest BCUT2D eigenvalue weighted by Crippen LogP contribution is -2.42. The van der Waals surface area contributed by atoms with Crippen LogP contribution in [0.1, 0.15) is 47.0 Å². The Labute approximate surface area is 169 Å². The third kappa shape index (κ3) is 4.03. The molecule has 1 saturated heterocycles. The summed E-state index contributed by atoms with van der Waals surface area (Å²) in [6.07, 6.45) is 3.26. The largest absolute Gasteiger partial charge is 0.336 e. The van der Waals surface area contributed by atoms with Crippen LogP contribution in [0, 0.1) is 0 Å². The second kappa shape index (κ2) is 8.26. The summed E-state index contributed by atoms with van der Waals surface area (Å²) in [5, 5.41) is 13.4. The van der Waals surface area contributed by atoms with E-state index in [9.17, 15) is 9.59 Å². The lowest BCUT2D eigenvalue weighted by molar-refractivity contribution is 0.0635. The standard InChI is InChI=1S/C22H23N5O2/c1-15-7-5-6-14-27(15)22(29)17-10-12-18(13-11-17)23-21(28)20-19(24-26-25-20)16-8-3-2-4-9-16/h2-4,8-13,15H,5-7,14H2,1H3,(H,23,28)(H,24,25,26). The molecule has 148 valence electrons. The summed E-state index contributed by atoms with van der Waals surface area (Å²) in [6, 6.07) is 16.6. The van der Waals surface area contributed by atoms with E-state index in [1.807, 2.05) is 35.2 Å². The van der Waals surface area contributed by atoms with Crippen LogP contribution in [-0.2, 0) is 0 Å². The fourth-order valence-electron chi connectivity index (χ4n) is 3.64. The highest BCUT2D eigenvalue weighted by atomic mass is 16.2. The maximum atomic E-state index is 12.7. The molecule has 2 aromatic carbocycles. The van der Waals surface area contributed by atoms with E-state index < -0.39 is 0 Å². The number of aromatic nitrogens is 3. The Bertz CT molecular complexity index is 998. The Balaban J connectivity index is 1.46. The third-order valence-electron chi connectivity index (χ3n) is 5.26. The van der Waals surface area contributed by atoms with Crippen molar-refractivity contribution in [1.82, 2.24) is 20.3 Å². The molecule has 0 aliphatic carbocycles. The number of piperidine rings is 1. The molecule has 7 nitrogen and oxygen atoms in total. The normalized spacial score (nSPS) is 16.4. The van der Waals surface area contributed by atoms with E-state index in [2.05, 4.69) is 27.7 Å². The molecule has 7 heteroatoms. The van der Waals surface area contributed by atoms with Crippen LogP contribution in [0.2, 0.25) is 0 Å².